The van der Waals surface area contributed by atoms with Crippen molar-refractivity contribution in [2.75, 3.05) is 0 Å². The minimum atomic E-state index is 0.425. The van der Waals surface area contributed by atoms with Gasteiger partial charge in [-0.05, 0) is 61.7 Å². The van der Waals surface area contributed by atoms with Crippen molar-refractivity contribution in [3.05, 3.63) is 24.3 Å². The fraction of sp³-hybridized carbons (Fsp3) is 0.800. The SMILES string of the molecule is C=C(CC(C)(C)CCCC1CCC=CC1C)[C@@H](C)CC. The van der Waals surface area contributed by atoms with Gasteiger partial charge in [0.05, 0.1) is 0 Å². The lowest BCUT2D eigenvalue weighted by Gasteiger charge is -2.30. The summed E-state index contributed by atoms with van der Waals surface area (Å²) in [5.41, 5.74) is 1.88. The average molecular weight is 277 g/mol. The number of hydrogen-bond donors (Lipinski definition) is 0. The molecule has 1 rings (SSSR count). The van der Waals surface area contributed by atoms with E-state index in [9.17, 15) is 0 Å². The zero-order valence-electron chi connectivity index (χ0n) is 14.5. The van der Waals surface area contributed by atoms with E-state index in [0.29, 0.717) is 11.3 Å². The van der Waals surface area contributed by atoms with Gasteiger partial charge in [0, 0.05) is 0 Å². The van der Waals surface area contributed by atoms with Crippen molar-refractivity contribution in [1.29, 1.82) is 0 Å². The fourth-order valence-electron chi connectivity index (χ4n) is 3.46. The monoisotopic (exact) mass is 276 g/mol. The summed E-state index contributed by atoms with van der Waals surface area (Å²) in [5, 5.41) is 0. The lowest BCUT2D eigenvalue weighted by Crippen LogP contribution is -2.17. The first-order chi connectivity index (χ1) is 9.35. The zero-order valence-corrected chi connectivity index (χ0v) is 14.5. The third-order valence-corrected chi connectivity index (χ3v) is 5.33. The van der Waals surface area contributed by atoms with Crippen LogP contribution in [0.1, 0.15) is 79.6 Å². The summed E-state index contributed by atoms with van der Waals surface area (Å²) in [7, 11) is 0. The molecule has 0 radical (unpaired) electrons. The van der Waals surface area contributed by atoms with Crippen molar-refractivity contribution >= 4 is 0 Å². The summed E-state index contributed by atoms with van der Waals surface area (Å²) >= 11 is 0. The summed E-state index contributed by atoms with van der Waals surface area (Å²) in [5.74, 6) is 2.40. The first kappa shape index (κ1) is 17.5. The van der Waals surface area contributed by atoms with Crippen LogP contribution in [0.5, 0.6) is 0 Å². The molecule has 0 N–H and O–H groups in total. The van der Waals surface area contributed by atoms with Gasteiger partial charge in [-0.25, -0.2) is 0 Å². The largest absolute Gasteiger partial charge is 0.0996 e. The molecule has 0 saturated heterocycles. The van der Waals surface area contributed by atoms with E-state index in [4.69, 9.17) is 0 Å². The zero-order chi connectivity index (χ0) is 15.2. The Bertz CT molecular complexity index is 321. The molecule has 0 aromatic heterocycles. The molecule has 0 nitrogen and oxygen atoms in total. The van der Waals surface area contributed by atoms with Gasteiger partial charge in [0.15, 0.2) is 0 Å². The molecule has 0 heteroatoms. The molecule has 3 atom stereocenters. The van der Waals surface area contributed by atoms with Gasteiger partial charge in [-0.3, -0.25) is 0 Å². The van der Waals surface area contributed by atoms with E-state index < -0.39 is 0 Å². The van der Waals surface area contributed by atoms with Crippen molar-refractivity contribution in [2.45, 2.75) is 79.6 Å². The van der Waals surface area contributed by atoms with Crippen LogP contribution in [0.3, 0.4) is 0 Å². The van der Waals surface area contributed by atoms with E-state index in [2.05, 4.69) is 53.3 Å². The first-order valence-electron chi connectivity index (χ1n) is 8.70. The van der Waals surface area contributed by atoms with Gasteiger partial charge in [0.25, 0.3) is 0 Å². The Hall–Kier alpha value is -0.520. The van der Waals surface area contributed by atoms with E-state index in [-0.39, 0.29) is 0 Å². The van der Waals surface area contributed by atoms with Crippen LogP contribution in [-0.4, -0.2) is 0 Å². The molecule has 0 heterocycles. The fourth-order valence-corrected chi connectivity index (χ4v) is 3.46. The maximum atomic E-state index is 4.31. The highest BCUT2D eigenvalue weighted by Gasteiger charge is 2.22. The van der Waals surface area contributed by atoms with Crippen LogP contribution in [0.4, 0.5) is 0 Å². The Morgan fingerprint density at radius 1 is 1.40 bits per heavy atom. The molecule has 0 saturated carbocycles. The van der Waals surface area contributed by atoms with Crippen LogP contribution in [0.2, 0.25) is 0 Å². The summed E-state index contributed by atoms with van der Waals surface area (Å²) in [6, 6.07) is 0. The van der Waals surface area contributed by atoms with Gasteiger partial charge in [-0.2, -0.15) is 0 Å². The minimum Gasteiger partial charge on any atom is -0.0996 e. The average Bonchev–Trinajstić information content (AvgIpc) is 2.39. The molecule has 116 valence electrons. The van der Waals surface area contributed by atoms with Gasteiger partial charge in [0.2, 0.25) is 0 Å². The maximum Gasteiger partial charge on any atom is -0.0233 e. The van der Waals surface area contributed by atoms with Crippen LogP contribution in [0.25, 0.3) is 0 Å². The third-order valence-electron chi connectivity index (χ3n) is 5.33. The summed E-state index contributed by atoms with van der Waals surface area (Å²) in [6.07, 6.45) is 14.0. The van der Waals surface area contributed by atoms with E-state index >= 15 is 0 Å². The van der Waals surface area contributed by atoms with Crippen molar-refractivity contribution in [2.24, 2.45) is 23.2 Å². The smallest absolute Gasteiger partial charge is 0.0233 e. The van der Waals surface area contributed by atoms with Crippen LogP contribution in [-0.2, 0) is 0 Å². The Labute approximate surface area is 127 Å². The minimum absolute atomic E-state index is 0.425. The van der Waals surface area contributed by atoms with Crippen LogP contribution >= 0.6 is 0 Å². The van der Waals surface area contributed by atoms with Crippen LogP contribution < -0.4 is 0 Å². The third kappa shape index (κ3) is 5.85. The molecule has 20 heavy (non-hydrogen) atoms. The van der Waals surface area contributed by atoms with E-state index in [1.165, 1.54) is 50.5 Å². The molecule has 0 amide bonds. The molecule has 0 aromatic carbocycles. The van der Waals surface area contributed by atoms with Gasteiger partial charge in [-0.1, -0.05) is 65.3 Å². The van der Waals surface area contributed by atoms with Gasteiger partial charge < -0.3 is 0 Å². The van der Waals surface area contributed by atoms with Gasteiger partial charge in [0.1, 0.15) is 0 Å². The number of hydrogen-bond acceptors (Lipinski definition) is 0. The molecular formula is C20H36. The molecule has 0 aliphatic heterocycles. The second-order valence-corrected chi connectivity index (χ2v) is 7.83. The first-order valence-corrected chi connectivity index (χ1v) is 8.70. The Morgan fingerprint density at radius 3 is 2.70 bits per heavy atom. The highest BCUT2D eigenvalue weighted by molar-refractivity contribution is 5.02. The Morgan fingerprint density at radius 2 is 2.10 bits per heavy atom. The van der Waals surface area contributed by atoms with Gasteiger partial charge in [-0.15, -0.1) is 0 Å². The number of rotatable bonds is 8. The molecule has 0 aromatic rings. The predicted octanol–water partition coefficient (Wildman–Crippen LogP) is 6.78. The van der Waals surface area contributed by atoms with Crippen molar-refractivity contribution in [3.63, 3.8) is 0 Å². The molecule has 0 fully saturated rings. The lowest BCUT2D eigenvalue weighted by atomic mass is 9.76. The van der Waals surface area contributed by atoms with E-state index in [1.807, 2.05) is 0 Å². The molecule has 0 bridgehead atoms. The van der Waals surface area contributed by atoms with Crippen LogP contribution in [0, 0.1) is 23.2 Å². The molecule has 0 spiro atoms. The molecule has 1 aliphatic carbocycles. The topological polar surface area (TPSA) is 0 Å². The Balaban J connectivity index is 2.32. The van der Waals surface area contributed by atoms with E-state index in [1.54, 1.807) is 0 Å². The quantitative estimate of drug-likeness (QED) is 0.429. The number of allylic oxidation sites excluding steroid dienone is 3. The molecule has 2 unspecified atom stereocenters. The predicted molar refractivity (Wildman–Crippen MR) is 91.9 cm³/mol. The summed E-state index contributed by atoms with van der Waals surface area (Å²) in [6.45, 7) is 16.1. The molecule has 1 aliphatic rings. The second kappa shape index (κ2) is 8.05. The van der Waals surface area contributed by atoms with Crippen LogP contribution in [0.15, 0.2) is 24.3 Å². The van der Waals surface area contributed by atoms with Crippen molar-refractivity contribution < 1.29 is 0 Å². The lowest BCUT2D eigenvalue weighted by molar-refractivity contribution is 0.274. The maximum absolute atomic E-state index is 4.31. The summed E-state index contributed by atoms with van der Waals surface area (Å²) < 4.78 is 0. The standard InChI is InChI=1S/C20H36/c1-7-16(2)18(4)15-20(5,6)14-10-13-19-12-9-8-11-17(19)3/h8,11,16-17,19H,4,7,9-10,12-15H2,1-3,5-6H3/t16-,17?,19?/m0/s1. The highest BCUT2D eigenvalue weighted by atomic mass is 14.3. The normalized spacial score (nSPS) is 24.6. The second-order valence-electron chi connectivity index (χ2n) is 7.83. The van der Waals surface area contributed by atoms with Crippen molar-refractivity contribution in [1.82, 2.24) is 0 Å². The van der Waals surface area contributed by atoms with Gasteiger partial charge >= 0.3 is 0 Å². The Kier molecular flexibility index (Phi) is 7.06. The highest BCUT2D eigenvalue weighted by Crippen LogP contribution is 2.36. The van der Waals surface area contributed by atoms with E-state index in [0.717, 1.165) is 11.8 Å². The van der Waals surface area contributed by atoms with Crippen molar-refractivity contribution in [3.8, 4) is 0 Å². The summed E-state index contributed by atoms with van der Waals surface area (Å²) in [4.78, 5) is 0. The molecular weight excluding hydrogens is 240 g/mol.